The highest BCUT2D eigenvalue weighted by Gasteiger charge is 2.14. The number of hydrogen-bond donors (Lipinski definition) is 0. The van der Waals surface area contributed by atoms with Crippen molar-refractivity contribution in [3.8, 4) is 17.1 Å². The van der Waals surface area contributed by atoms with E-state index >= 15 is 0 Å². The second kappa shape index (κ2) is 6.10. The van der Waals surface area contributed by atoms with Crippen LogP contribution in [0.15, 0.2) is 54.6 Å². The Hall–Kier alpha value is -2.13. The molecule has 0 saturated carbocycles. The summed E-state index contributed by atoms with van der Waals surface area (Å²) in [5.41, 5.74) is 3.37. The van der Waals surface area contributed by atoms with Gasteiger partial charge in [-0.15, -0.1) is 21.8 Å². The predicted molar refractivity (Wildman–Crippen MR) is 85.7 cm³/mol. The second-order valence-electron chi connectivity index (χ2n) is 4.79. The maximum absolute atomic E-state index is 6.02. The van der Waals surface area contributed by atoms with Crippen molar-refractivity contribution in [2.45, 2.75) is 19.2 Å². The minimum absolute atomic E-state index is 0.329. The van der Waals surface area contributed by atoms with E-state index in [1.807, 2.05) is 34.9 Å². The molecule has 0 aliphatic heterocycles. The zero-order valence-electron chi connectivity index (χ0n) is 11.8. The van der Waals surface area contributed by atoms with Crippen molar-refractivity contribution in [1.29, 1.82) is 0 Å². The quantitative estimate of drug-likeness (QED) is 0.675. The molecule has 1 aromatic heterocycles. The van der Waals surface area contributed by atoms with Gasteiger partial charge in [-0.05, 0) is 24.1 Å². The summed E-state index contributed by atoms with van der Waals surface area (Å²) in [6, 6.07) is 18.5. The maximum Gasteiger partial charge on any atom is 0.168 e. The summed E-state index contributed by atoms with van der Waals surface area (Å²) in [6.45, 7) is 2.15. The molecule has 3 aromatic rings. The van der Waals surface area contributed by atoms with Crippen LogP contribution in [-0.2, 0) is 12.3 Å². The van der Waals surface area contributed by atoms with E-state index in [9.17, 15) is 0 Å². The molecule has 2 aromatic carbocycles. The fraction of sp³-hybridized carbons (Fsp3) is 0.176. The van der Waals surface area contributed by atoms with Gasteiger partial charge >= 0.3 is 0 Å². The van der Waals surface area contributed by atoms with Gasteiger partial charge in [0.1, 0.15) is 0 Å². The van der Waals surface area contributed by atoms with Crippen LogP contribution in [0.5, 0.6) is 0 Å². The van der Waals surface area contributed by atoms with Crippen molar-refractivity contribution in [2.24, 2.45) is 0 Å². The van der Waals surface area contributed by atoms with Gasteiger partial charge in [0.15, 0.2) is 11.6 Å². The third-order valence-corrected chi connectivity index (χ3v) is 3.72. The molecule has 0 aliphatic rings. The highest BCUT2D eigenvalue weighted by atomic mass is 35.5. The van der Waals surface area contributed by atoms with E-state index in [1.54, 1.807) is 0 Å². The topological polar surface area (TPSA) is 30.7 Å². The Morgan fingerprint density at radius 3 is 2.29 bits per heavy atom. The standard InChI is InChI=1S/C17H16ClN3/c1-2-13-8-10-15(11-9-13)21-16(12-18)19-20-17(21)14-6-4-3-5-7-14/h3-11H,2,12H2,1H3. The largest absolute Gasteiger partial charge is 0.278 e. The van der Waals surface area contributed by atoms with Crippen LogP contribution >= 0.6 is 11.6 Å². The summed E-state index contributed by atoms with van der Waals surface area (Å²) >= 11 is 6.02. The number of aryl methyl sites for hydroxylation is 1. The highest BCUT2D eigenvalue weighted by Crippen LogP contribution is 2.23. The Kier molecular flexibility index (Phi) is 4.02. The predicted octanol–water partition coefficient (Wildman–Crippen LogP) is 4.24. The number of halogens is 1. The lowest BCUT2D eigenvalue weighted by atomic mass is 10.1. The molecule has 0 N–H and O–H groups in total. The van der Waals surface area contributed by atoms with Gasteiger partial charge in [-0.3, -0.25) is 4.57 Å². The van der Waals surface area contributed by atoms with E-state index in [1.165, 1.54) is 5.56 Å². The minimum atomic E-state index is 0.329. The first-order chi connectivity index (χ1) is 10.3. The second-order valence-corrected chi connectivity index (χ2v) is 5.06. The van der Waals surface area contributed by atoms with Crippen LogP contribution < -0.4 is 0 Å². The van der Waals surface area contributed by atoms with Gasteiger partial charge in [0.05, 0.1) is 5.88 Å². The monoisotopic (exact) mass is 297 g/mol. The summed E-state index contributed by atoms with van der Waals surface area (Å²) in [4.78, 5) is 0. The van der Waals surface area contributed by atoms with E-state index in [0.29, 0.717) is 5.88 Å². The molecule has 0 spiro atoms. The number of hydrogen-bond acceptors (Lipinski definition) is 2. The van der Waals surface area contributed by atoms with Gasteiger partial charge in [0.2, 0.25) is 0 Å². The van der Waals surface area contributed by atoms with E-state index in [2.05, 4.69) is 41.4 Å². The molecular formula is C17H16ClN3. The SMILES string of the molecule is CCc1ccc(-n2c(CCl)nnc2-c2ccccc2)cc1. The lowest BCUT2D eigenvalue weighted by Crippen LogP contribution is -2.02. The Morgan fingerprint density at radius 2 is 1.67 bits per heavy atom. The third-order valence-electron chi connectivity index (χ3n) is 3.48. The van der Waals surface area contributed by atoms with Crippen LogP contribution in [0.1, 0.15) is 18.3 Å². The molecule has 4 heteroatoms. The molecule has 0 saturated heterocycles. The van der Waals surface area contributed by atoms with Crippen LogP contribution in [0.25, 0.3) is 17.1 Å². The first-order valence-electron chi connectivity index (χ1n) is 6.98. The summed E-state index contributed by atoms with van der Waals surface area (Å²) in [6.07, 6.45) is 1.02. The Labute approximate surface area is 129 Å². The van der Waals surface area contributed by atoms with Crippen LogP contribution in [0.3, 0.4) is 0 Å². The van der Waals surface area contributed by atoms with Crippen molar-refractivity contribution in [2.75, 3.05) is 0 Å². The number of aromatic nitrogens is 3. The van der Waals surface area contributed by atoms with Gasteiger partial charge in [-0.2, -0.15) is 0 Å². The van der Waals surface area contributed by atoms with Crippen LogP contribution in [0.4, 0.5) is 0 Å². The van der Waals surface area contributed by atoms with Crippen LogP contribution in [0, 0.1) is 0 Å². The van der Waals surface area contributed by atoms with Crippen molar-refractivity contribution in [1.82, 2.24) is 14.8 Å². The van der Waals surface area contributed by atoms with E-state index in [4.69, 9.17) is 11.6 Å². The average Bonchev–Trinajstić information content (AvgIpc) is 2.99. The number of alkyl halides is 1. The summed E-state index contributed by atoms with van der Waals surface area (Å²) in [7, 11) is 0. The fourth-order valence-corrected chi connectivity index (χ4v) is 2.50. The highest BCUT2D eigenvalue weighted by molar-refractivity contribution is 6.16. The molecule has 106 valence electrons. The first-order valence-corrected chi connectivity index (χ1v) is 7.52. The van der Waals surface area contributed by atoms with Gasteiger partial charge in [-0.25, -0.2) is 0 Å². The zero-order valence-corrected chi connectivity index (χ0v) is 12.6. The molecule has 0 aliphatic carbocycles. The Bertz CT molecular complexity index is 718. The number of rotatable bonds is 4. The lowest BCUT2D eigenvalue weighted by molar-refractivity contribution is 0.951. The van der Waals surface area contributed by atoms with Gasteiger partial charge in [-0.1, -0.05) is 49.4 Å². The van der Waals surface area contributed by atoms with Crippen molar-refractivity contribution in [3.63, 3.8) is 0 Å². The molecular weight excluding hydrogens is 282 g/mol. The molecule has 0 amide bonds. The van der Waals surface area contributed by atoms with Crippen molar-refractivity contribution < 1.29 is 0 Å². The molecule has 3 nitrogen and oxygen atoms in total. The summed E-state index contributed by atoms with van der Waals surface area (Å²) in [5.74, 6) is 1.89. The van der Waals surface area contributed by atoms with Crippen LogP contribution in [0.2, 0.25) is 0 Å². The van der Waals surface area contributed by atoms with Gasteiger partial charge in [0, 0.05) is 11.3 Å². The maximum atomic E-state index is 6.02. The molecule has 21 heavy (non-hydrogen) atoms. The molecule has 0 fully saturated rings. The van der Waals surface area contributed by atoms with Gasteiger partial charge < -0.3 is 0 Å². The molecule has 0 atom stereocenters. The Morgan fingerprint density at radius 1 is 0.952 bits per heavy atom. The van der Waals surface area contributed by atoms with Crippen molar-refractivity contribution in [3.05, 3.63) is 66.0 Å². The fourth-order valence-electron chi connectivity index (χ4n) is 2.33. The molecule has 0 bridgehead atoms. The minimum Gasteiger partial charge on any atom is -0.278 e. The smallest absolute Gasteiger partial charge is 0.168 e. The molecule has 0 unspecified atom stereocenters. The molecule has 1 heterocycles. The van der Waals surface area contributed by atoms with Crippen LogP contribution in [-0.4, -0.2) is 14.8 Å². The number of benzene rings is 2. The van der Waals surface area contributed by atoms with E-state index in [-0.39, 0.29) is 0 Å². The Balaban J connectivity index is 2.13. The molecule has 3 rings (SSSR count). The normalized spacial score (nSPS) is 10.8. The van der Waals surface area contributed by atoms with E-state index < -0.39 is 0 Å². The van der Waals surface area contributed by atoms with Gasteiger partial charge in [0.25, 0.3) is 0 Å². The lowest BCUT2D eigenvalue weighted by Gasteiger charge is -2.10. The summed E-state index contributed by atoms with van der Waals surface area (Å²) < 4.78 is 2.02. The third kappa shape index (κ3) is 2.69. The zero-order chi connectivity index (χ0) is 14.7. The average molecular weight is 298 g/mol. The first kappa shape index (κ1) is 13.8. The summed E-state index contributed by atoms with van der Waals surface area (Å²) in [5, 5.41) is 8.52. The molecule has 0 radical (unpaired) electrons. The van der Waals surface area contributed by atoms with E-state index in [0.717, 1.165) is 29.3 Å². The van der Waals surface area contributed by atoms with Crippen molar-refractivity contribution >= 4 is 11.6 Å². The number of nitrogens with zero attached hydrogens (tertiary/aromatic N) is 3.